The molecule has 0 aliphatic heterocycles. The van der Waals surface area contributed by atoms with E-state index in [0.717, 1.165) is 28.1 Å². The summed E-state index contributed by atoms with van der Waals surface area (Å²) in [5.41, 5.74) is 6.19. The van der Waals surface area contributed by atoms with Crippen LogP contribution < -0.4 is 15.5 Å². The summed E-state index contributed by atoms with van der Waals surface area (Å²) in [6.07, 6.45) is 2.00. The molecule has 4 rings (SSSR count). The Kier molecular flexibility index (Phi) is 8.23. The summed E-state index contributed by atoms with van der Waals surface area (Å²) in [6.45, 7) is 9.94. The number of para-hydroxylation sites is 2. The van der Waals surface area contributed by atoms with E-state index in [4.69, 9.17) is 4.42 Å². The van der Waals surface area contributed by atoms with Crippen LogP contribution in [0.15, 0.2) is 75.9 Å². The number of benzene rings is 3. The molecule has 1 heterocycles. The van der Waals surface area contributed by atoms with E-state index in [1.165, 1.54) is 0 Å². The molecule has 172 valence electrons. The zero-order valence-electron chi connectivity index (χ0n) is 20.2. The van der Waals surface area contributed by atoms with E-state index in [0.29, 0.717) is 22.3 Å². The van der Waals surface area contributed by atoms with Crippen molar-refractivity contribution in [3.8, 4) is 11.3 Å². The summed E-state index contributed by atoms with van der Waals surface area (Å²) < 4.78 is 9.73. The summed E-state index contributed by atoms with van der Waals surface area (Å²) in [6, 6.07) is 21.8. The second-order valence-electron chi connectivity index (χ2n) is 7.70. The Morgan fingerprint density at radius 1 is 0.909 bits per heavy atom. The van der Waals surface area contributed by atoms with E-state index in [2.05, 4.69) is 23.0 Å². The molecule has 0 spiro atoms. The minimum atomic E-state index is -0.0679. The van der Waals surface area contributed by atoms with Gasteiger partial charge in [0.15, 0.2) is 5.43 Å². The fraction of sp³-hybridized carbons (Fsp3) is 0.250. The van der Waals surface area contributed by atoms with Crippen LogP contribution in [-0.2, 0) is 0 Å². The smallest absolute Gasteiger partial charge is 0.196 e. The molecule has 0 bridgehead atoms. The van der Waals surface area contributed by atoms with Gasteiger partial charge in [0.1, 0.15) is 11.3 Å². The average Bonchev–Trinajstić information content (AvgIpc) is 2.84. The van der Waals surface area contributed by atoms with Gasteiger partial charge in [-0.05, 0) is 44.5 Å². The molecule has 3 aromatic carbocycles. The van der Waals surface area contributed by atoms with Gasteiger partial charge in [-0.3, -0.25) is 4.79 Å². The van der Waals surface area contributed by atoms with Crippen LogP contribution in [0.5, 0.6) is 0 Å². The van der Waals surface area contributed by atoms with Crippen molar-refractivity contribution in [3.05, 3.63) is 93.6 Å². The van der Waals surface area contributed by atoms with Gasteiger partial charge in [-0.2, -0.15) is 0 Å². The van der Waals surface area contributed by atoms with Crippen molar-refractivity contribution in [2.24, 2.45) is 0 Å². The number of nitrogens with one attached hydrogen (secondary N) is 2. The SMILES string of the molecule is CC.CSNc1ccccc1NC(C)c1cc(C)cc2c(=O)c(C)c(-c3ccccc3)oc12. The first-order valence-electron chi connectivity index (χ1n) is 11.3. The highest BCUT2D eigenvalue weighted by atomic mass is 32.2. The summed E-state index contributed by atoms with van der Waals surface area (Å²) >= 11 is 1.55. The predicted octanol–water partition coefficient (Wildman–Crippen LogP) is 7.97. The number of aryl methyl sites for hydroxylation is 1. The Morgan fingerprint density at radius 2 is 1.55 bits per heavy atom. The highest BCUT2D eigenvalue weighted by Crippen LogP contribution is 2.33. The summed E-state index contributed by atoms with van der Waals surface area (Å²) in [5, 5.41) is 4.21. The molecule has 5 heteroatoms. The van der Waals surface area contributed by atoms with Crippen molar-refractivity contribution in [2.75, 3.05) is 16.3 Å². The van der Waals surface area contributed by atoms with Crippen molar-refractivity contribution in [2.45, 2.75) is 40.7 Å². The van der Waals surface area contributed by atoms with E-state index >= 15 is 0 Å². The fourth-order valence-corrected chi connectivity index (χ4v) is 4.27. The molecule has 33 heavy (non-hydrogen) atoms. The third-order valence-corrected chi connectivity index (χ3v) is 5.83. The van der Waals surface area contributed by atoms with Crippen LogP contribution in [-0.4, -0.2) is 6.26 Å². The molecule has 0 aliphatic rings. The molecule has 0 saturated heterocycles. The lowest BCUT2D eigenvalue weighted by molar-refractivity contribution is 0.605. The molecule has 0 radical (unpaired) electrons. The first-order chi connectivity index (χ1) is 16.0. The zero-order valence-corrected chi connectivity index (χ0v) is 21.0. The highest BCUT2D eigenvalue weighted by Gasteiger charge is 2.19. The molecule has 0 amide bonds. The lowest BCUT2D eigenvalue weighted by Crippen LogP contribution is -2.13. The van der Waals surface area contributed by atoms with Crippen LogP contribution >= 0.6 is 11.9 Å². The monoisotopic (exact) mass is 460 g/mol. The third-order valence-electron chi connectivity index (χ3n) is 5.41. The van der Waals surface area contributed by atoms with Crippen molar-refractivity contribution in [3.63, 3.8) is 0 Å². The maximum atomic E-state index is 13.3. The average molecular weight is 461 g/mol. The summed E-state index contributed by atoms with van der Waals surface area (Å²) in [4.78, 5) is 13.3. The molecule has 1 atom stereocenters. The Morgan fingerprint density at radius 3 is 2.21 bits per heavy atom. The van der Waals surface area contributed by atoms with Gasteiger partial charge in [-0.25, -0.2) is 0 Å². The molecule has 4 nitrogen and oxygen atoms in total. The molecule has 2 N–H and O–H groups in total. The molecule has 0 aliphatic carbocycles. The minimum absolute atomic E-state index is 0.0155. The summed E-state index contributed by atoms with van der Waals surface area (Å²) in [5.74, 6) is 0.625. The van der Waals surface area contributed by atoms with Crippen LogP contribution in [0.4, 0.5) is 11.4 Å². The zero-order chi connectivity index (χ0) is 24.0. The van der Waals surface area contributed by atoms with E-state index in [-0.39, 0.29) is 11.5 Å². The van der Waals surface area contributed by atoms with E-state index in [1.807, 2.05) is 94.6 Å². The standard InChI is InChI=1S/C26H26N2O2S.C2H6/c1-16-14-20(18(3)27-22-12-8-9-13-23(22)28-31-4)26-21(15-16)24(29)17(2)25(30-26)19-10-6-5-7-11-19;1-2/h5-15,18,27-28H,1-4H3;1-2H3. The normalized spacial score (nSPS) is 11.5. The van der Waals surface area contributed by atoms with Crippen molar-refractivity contribution >= 4 is 34.3 Å². The van der Waals surface area contributed by atoms with E-state index < -0.39 is 0 Å². The maximum Gasteiger partial charge on any atom is 0.196 e. The number of hydrogen-bond acceptors (Lipinski definition) is 5. The highest BCUT2D eigenvalue weighted by molar-refractivity contribution is 7.99. The van der Waals surface area contributed by atoms with Gasteiger partial charge in [-0.15, -0.1) is 0 Å². The first-order valence-corrected chi connectivity index (χ1v) is 12.5. The molecule has 0 saturated carbocycles. The first kappa shape index (κ1) is 24.5. The second kappa shape index (κ2) is 11.1. The van der Waals surface area contributed by atoms with E-state index in [1.54, 1.807) is 11.9 Å². The number of fused-ring (bicyclic) bond motifs is 1. The summed E-state index contributed by atoms with van der Waals surface area (Å²) in [7, 11) is 0. The van der Waals surface area contributed by atoms with Crippen LogP contribution in [0.3, 0.4) is 0 Å². The van der Waals surface area contributed by atoms with Gasteiger partial charge in [0.25, 0.3) is 0 Å². The third kappa shape index (κ3) is 5.25. The Balaban J connectivity index is 0.00000149. The molecule has 4 aromatic rings. The number of anilines is 2. The maximum absolute atomic E-state index is 13.3. The van der Waals surface area contributed by atoms with Crippen LogP contribution in [0.2, 0.25) is 0 Å². The quantitative estimate of drug-likeness (QED) is 0.286. The Labute approximate surface area is 200 Å². The Bertz CT molecular complexity index is 1280. The van der Waals surface area contributed by atoms with Crippen molar-refractivity contribution < 1.29 is 4.42 Å². The minimum Gasteiger partial charge on any atom is -0.455 e. The van der Waals surface area contributed by atoms with Crippen LogP contribution in [0.1, 0.15) is 43.5 Å². The topological polar surface area (TPSA) is 54.3 Å². The van der Waals surface area contributed by atoms with Gasteiger partial charge in [-0.1, -0.05) is 74.3 Å². The molecule has 0 fully saturated rings. The predicted molar refractivity (Wildman–Crippen MR) is 144 cm³/mol. The van der Waals surface area contributed by atoms with Gasteiger partial charge < -0.3 is 14.5 Å². The second-order valence-corrected chi connectivity index (χ2v) is 8.31. The number of hydrogen-bond donors (Lipinski definition) is 2. The largest absolute Gasteiger partial charge is 0.455 e. The van der Waals surface area contributed by atoms with Crippen LogP contribution in [0, 0.1) is 13.8 Å². The van der Waals surface area contributed by atoms with E-state index in [9.17, 15) is 4.79 Å². The van der Waals surface area contributed by atoms with Gasteiger partial charge >= 0.3 is 0 Å². The molecular formula is C28H32N2O2S. The molecule has 1 unspecified atom stereocenters. The number of rotatable bonds is 6. The van der Waals surface area contributed by atoms with Gasteiger partial charge in [0.2, 0.25) is 0 Å². The molecule has 1 aromatic heterocycles. The van der Waals surface area contributed by atoms with Gasteiger partial charge in [0, 0.05) is 22.9 Å². The molecular weight excluding hydrogens is 428 g/mol. The lowest BCUT2D eigenvalue weighted by atomic mass is 9.98. The van der Waals surface area contributed by atoms with Crippen molar-refractivity contribution in [1.82, 2.24) is 0 Å². The lowest BCUT2D eigenvalue weighted by Gasteiger charge is -2.20. The van der Waals surface area contributed by atoms with Crippen molar-refractivity contribution in [1.29, 1.82) is 0 Å². The fourth-order valence-electron chi connectivity index (χ4n) is 3.87. The van der Waals surface area contributed by atoms with Crippen LogP contribution in [0.25, 0.3) is 22.3 Å². The Hall–Kier alpha value is -3.18. The van der Waals surface area contributed by atoms with Gasteiger partial charge in [0.05, 0.1) is 22.8 Å².